The molecule has 214 valence electrons. The maximum absolute atomic E-state index is 14.1. The Balaban J connectivity index is 1.85. The number of para-hydroxylation sites is 1. The first kappa shape index (κ1) is 31.1. The van der Waals surface area contributed by atoms with Gasteiger partial charge in [0.15, 0.2) is 0 Å². The van der Waals surface area contributed by atoms with Crippen molar-refractivity contribution in [3.05, 3.63) is 71.0 Å². The van der Waals surface area contributed by atoms with Crippen LogP contribution in [0.3, 0.4) is 0 Å². The highest BCUT2D eigenvalue weighted by Crippen LogP contribution is 2.31. The number of aromatic nitrogens is 2. The molecule has 1 aromatic heterocycles. The summed E-state index contributed by atoms with van der Waals surface area (Å²) in [7, 11) is 2.18. The summed E-state index contributed by atoms with van der Waals surface area (Å²) in [5, 5.41) is 1.01. The standard InChI is InChI=1S/C34H47N5O/c1-8-10-12-13-16-20-38(7)27(6)28(17-11-9-2)22-30-31(35)21-24(3)26(5)39(34(30)40)23-33-36-25(4)29-18-14-15-19-32(29)37-33/h14-15,18-19,21,27-28H,5,8,10,12-13,16-17,20,22-23,35H2,1-4,6-7H3. The normalized spacial score (nSPS) is 15.7. The molecule has 0 saturated heterocycles. The van der Waals surface area contributed by atoms with Crippen molar-refractivity contribution in [1.29, 1.82) is 0 Å². The maximum Gasteiger partial charge on any atom is 0.256 e. The largest absolute Gasteiger partial charge is 0.398 e. The molecule has 0 bridgehead atoms. The second-order valence-electron chi connectivity index (χ2n) is 11.1. The first-order valence-electron chi connectivity index (χ1n) is 14.7. The number of carbonyl (C=O) groups is 1. The molecule has 0 fully saturated rings. The molecule has 0 aliphatic carbocycles. The summed E-state index contributed by atoms with van der Waals surface area (Å²) in [6.07, 6.45) is 9.39. The van der Waals surface area contributed by atoms with Crippen LogP contribution >= 0.6 is 0 Å². The SMILES string of the molecule is C=C1C(C)=CC(N)=C(CC(CC#CC)C(C)N(C)CCCCCCC)C(=O)N1Cc1nc(C)c2ccccc2n1. The van der Waals surface area contributed by atoms with E-state index >= 15 is 0 Å². The molecule has 2 heterocycles. The minimum absolute atomic E-state index is 0.131. The van der Waals surface area contributed by atoms with Gasteiger partial charge >= 0.3 is 0 Å². The Morgan fingerprint density at radius 2 is 1.85 bits per heavy atom. The number of nitrogens with zero attached hydrogens (tertiary/aromatic N) is 4. The van der Waals surface area contributed by atoms with Gasteiger partial charge in [0.25, 0.3) is 5.91 Å². The molecule has 2 N–H and O–H groups in total. The lowest BCUT2D eigenvalue weighted by molar-refractivity contribution is -0.126. The van der Waals surface area contributed by atoms with Gasteiger partial charge in [0.1, 0.15) is 5.82 Å². The summed E-state index contributed by atoms with van der Waals surface area (Å²) in [5.74, 6) is 6.94. The van der Waals surface area contributed by atoms with Crippen LogP contribution in [0.2, 0.25) is 0 Å². The number of unbranched alkanes of at least 4 members (excludes halogenated alkanes) is 4. The molecule has 0 saturated carbocycles. The molecule has 0 spiro atoms. The zero-order valence-corrected chi connectivity index (χ0v) is 25.4. The van der Waals surface area contributed by atoms with Crippen molar-refractivity contribution in [1.82, 2.24) is 19.8 Å². The molecular formula is C34H47N5O. The van der Waals surface area contributed by atoms with E-state index in [-0.39, 0.29) is 24.4 Å². The first-order valence-corrected chi connectivity index (χ1v) is 14.7. The third kappa shape index (κ3) is 7.82. The minimum atomic E-state index is -0.131. The molecule has 6 nitrogen and oxygen atoms in total. The van der Waals surface area contributed by atoms with E-state index in [2.05, 4.69) is 44.2 Å². The van der Waals surface area contributed by atoms with Crippen molar-refractivity contribution in [3.8, 4) is 11.8 Å². The van der Waals surface area contributed by atoms with Gasteiger partial charge < -0.3 is 15.5 Å². The van der Waals surface area contributed by atoms with Crippen LogP contribution in [0.1, 0.15) is 84.2 Å². The molecule has 1 aromatic carbocycles. The van der Waals surface area contributed by atoms with Crippen molar-refractivity contribution in [3.63, 3.8) is 0 Å². The molecule has 2 atom stereocenters. The minimum Gasteiger partial charge on any atom is -0.398 e. The van der Waals surface area contributed by atoms with Crippen LogP contribution in [0.15, 0.2) is 59.5 Å². The zero-order valence-electron chi connectivity index (χ0n) is 25.4. The van der Waals surface area contributed by atoms with E-state index in [1.54, 1.807) is 4.90 Å². The van der Waals surface area contributed by atoms with Crippen molar-refractivity contribution in [2.45, 2.75) is 92.2 Å². The highest BCUT2D eigenvalue weighted by atomic mass is 16.2. The molecule has 3 rings (SSSR count). The summed E-state index contributed by atoms with van der Waals surface area (Å²) in [6.45, 7) is 15.8. The number of hydrogen-bond acceptors (Lipinski definition) is 5. The zero-order chi connectivity index (χ0) is 29.2. The van der Waals surface area contributed by atoms with E-state index < -0.39 is 0 Å². The van der Waals surface area contributed by atoms with Crippen LogP contribution in [0.25, 0.3) is 10.9 Å². The predicted octanol–water partition coefficient (Wildman–Crippen LogP) is 6.66. The summed E-state index contributed by atoms with van der Waals surface area (Å²) in [4.78, 5) is 27.7. The third-order valence-electron chi connectivity index (χ3n) is 8.14. The fourth-order valence-corrected chi connectivity index (χ4v) is 5.34. The summed E-state index contributed by atoms with van der Waals surface area (Å²) in [5.41, 5.74) is 10.9. The average molecular weight is 542 g/mol. The third-order valence-corrected chi connectivity index (χ3v) is 8.14. The highest BCUT2D eigenvalue weighted by Gasteiger charge is 2.31. The molecular weight excluding hydrogens is 494 g/mol. The Bertz CT molecular complexity index is 1330. The monoisotopic (exact) mass is 541 g/mol. The fourth-order valence-electron chi connectivity index (χ4n) is 5.34. The number of benzene rings is 1. The van der Waals surface area contributed by atoms with Gasteiger partial charge in [-0.05, 0) is 77.8 Å². The number of hydrogen-bond donors (Lipinski definition) is 1. The number of amides is 1. The molecule has 2 aromatic rings. The van der Waals surface area contributed by atoms with Gasteiger partial charge in [-0.3, -0.25) is 4.79 Å². The van der Waals surface area contributed by atoms with E-state index in [9.17, 15) is 4.79 Å². The Morgan fingerprint density at radius 3 is 2.58 bits per heavy atom. The Labute approximate surface area is 241 Å². The van der Waals surface area contributed by atoms with Crippen LogP contribution < -0.4 is 5.73 Å². The van der Waals surface area contributed by atoms with Crippen molar-refractivity contribution >= 4 is 16.8 Å². The molecule has 1 amide bonds. The maximum atomic E-state index is 14.1. The molecule has 40 heavy (non-hydrogen) atoms. The van der Waals surface area contributed by atoms with Crippen LogP contribution in [-0.4, -0.2) is 45.3 Å². The second-order valence-corrected chi connectivity index (χ2v) is 11.1. The lowest BCUT2D eigenvalue weighted by Crippen LogP contribution is -2.38. The smallest absolute Gasteiger partial charge is 0.256 e. The average Bonchev–Trinajstić information content (AvgIpc) is 3.00. The lowest BCUT2D eigenvalue weighted by Gasteiger charge is -2.32. The van der Waals surface area contributed by atoms with E-state index in [4.69, 9.17) is 15.7 Å². The topological polar surface area (TPSA) is 75.3 Å². The number of carbonyl (C=O) groups excluding carboxylic acids is 1. The van der Waals surface area contributed by atoms with E-state index in [1.165, 1.54) is 32.1 Å². The van der Waals surface area contributed by atoms with Gasteiger partial charge in [-0.15, -0.1) is 11.8 Å². The number of fused-ring (bicyclic) bond motifs is 1. The van der Waals surface area contributed by atoms with E-state index in [0.717, 1.165) is 28.7 Å². The van der Waals surface area contributed by atoms with Gasteiger partial charge in [-0.25, -0.2) is 9.97 Å². The van der Waals surface area contributed by atoms with Crippen LogP contribution in [0.4, 0.5) is 0 Å². The van der Waals surface area contributed by atoms with Gasteiger partial charge in [0.05, 0.1) is 12.1 Å². The van der Waals surface area contributed by atoms with E-state index in [1.807, 2.05) is 51.1 Å². The number of allylic oxidation sites excluding steroid dienone is 2. The van der Waals surface area contributed by atoms with Gasteiger partial charge in [-0.2, -0.15) is 0 Å². The highest BCUT2D eigenvalue weighted by molar-refractivity contribution is 5.97. The predicted molar refractivity (Wildman–Crippen MR) is 166 cm³/mol. The van der Waals surface area contributed by atoms with Crippen molar-refractivity contribution in [2.75, 3.05) is 13.6 Å². The van der Waals surface area contributed by atoms with Gasteiger partial charge in [-0.1, -0.05) is 57.4 Å². The molecule has 1 aliphatic heterocycles. The van der Waals surface area contributed by atoms with Gasteiger partial charge in [0.2, 0.25) is 0 Å². The second kappa shape index (κ2) is 14.8. The number of rotatable bonds is 13. The summed E-state index contributed by atoms with van der Waals surface area (Å²) in [6, 6.07) is 8.18. The Kier molecular flexibility index (Phi) is 11.5. The number of nitrogens with two attached hydrogens (primary N) is 1. The summed E-state index contributed by atoms with van der Waals surface area (Å²) >= 11 is 0. The van der Waals surface area contributed by atoms with Crippen molar-refractivity contribution in [2.24, 2.45) is 11.7 Å². The Morgan fingerprint density at radius 1 is 1.12 bits per heavy atom. The molecule has 1 aliphatic rings. The van der Waals surface area contributed by atoms with Crippen LogP contribution in [0.5, 0.6) is 0 Å². The van der Waals surface area contributed by atoms with Crippen LogP contribution in [-0.2, 0) is 11.3 Å². The quantitative estimate of drug-likeness (QED) is 0.227. The Hall–Kier alpha value is -3.43. The molecule has 0 radical (unpaired) electrons. The fraction of sp³-hybridized carbons (Fsp3) is 0.500. The van der Waals surface area contributed by atoms with E-state index in [0.29, 0.717) is 35.6 Å². The lowest BCUT2D eigenvalue weighted by atomic mass is 9.88. The molecule has 6 heteroatoms. The van der Waals surface area contributed by atoms with Crippen molar-refractivity contribution < 1.29 is 4.79 Å². The summed E-state index contributed by atoms with van der Waals surface area (Å²) < 4.78 is 0. The van der Waals surface area contributed by atoms with Crippen LogP contribution in [0, 0.1) is 24.7 Å². The van der Waals surface area contributed by atoms with Gasteiger partial charge in [0, 0.05) is 40.5 Å². The number of aryl methyl sites for hydroxylation is 1. The molecule has 2 unspecified atom stereocenters. The first-order chi connectivity index (χ1) is 19.2.